The fourth-order valence-corrected chi connectivity index (χ4v) is 9.81. The van der Waals surface area contributed by atoms with E-state index < -0.39 is 41.4 Å². The van der Waals surface area contributed by atoms with Crippen LogP contribution in [0.25, 0.3) is 0 Å². The lowest BCUT2D eigenvalue weighted by molar-refractivity contribution is -0.170. The van der Waals surface area contributed by atoms with Crippen molar-refractivity contribution in [3.8, 4) is 0 Å². The molecule has 0 unspecified atom stereocenters. The van der Waals surface area contributed by atoms with Gasteiger partial charge in [0.1, 0.15) is 11.6 Å². The van der Waals surface area contributed by atoms with Crippen molar-refractivity contribution in [2.45, 2.75) is 122 Å². The van der Waals surface area contributed by atoms with Crippen LogP contribution in [0.15, 0.2) is 42.0 Å². The minimum atomic E-state index is -1.57. The molecule has 0 saturated heterocycles. The number of carbonyl (C=O) groups excluding carboxylic acids is 5. The Balaban J connectivity index is 0.970. The van der Waals surface area contributed by atoms with Gasteiger partial charge < -0.3 is 25.6 Å². The van der Waals surface area contributed by atoms with E-state index in [9.17, 15) is 39.0 Å². The van der Waals surface area contributed by atoms with Gasteiger partial charge in [-0.25, -0.2) is 4.79 Å². The molecule has 278 valence electrons. The van der Waals surface area contributed by atoms with Gasteiger partial charge in [-0.3, -0.25) is 24.0 Å². The van der Waals surface area contributed by atoms with Crippen molar-refractivity contribution in [3.05, 3.63) is 47.5 Å². The van der Waals surface area contributed by atoms with Crippen LogP contribution >= 0.6 is 0 Å². The van der Waals surface area contributed by atoms with E-state index in [2.05, 4.69) is 17.6 Å². The number of fused-ring (bicyclic) bond motifs is 5. The molecule has 0 radical (unpaired) electrons. The average Bonchev–Trinajstić information content (AvgIpc) is 3.39. The molecule has 3 fully saturated rings. The zero-order valence-corrected chi connectivity index (χ0v) is 30.0. The highest BCUT2D eigenvalue weighted by atomic mass is 16.5. The molecule has 0 spiro atoms. The second-order valence-corrected chi connectivity index (χ2v) is 15.7. The van der Waals surface area contributed by atoms with Crippen LogP contribution < -0.4 is 10.6 Å². The Morgan fingerprint density at radius 1 is 0.882 bits per heavy atom. The van der Waals surface area contributed by atoms with Gasteiger partial charge in [-0.15, -0.1) is 0 Å². The maximum Gasteiger partial charge on any atom is 0.326 e. The van der Waals surface area contributed by atoms with Crippen molar-refractivity contribution in [1.29, 1.82) is 0 Å². The number of hydrogen-bond donors (Lipinski definition) is 4. The van der Waals surface area contributed by atoms with E-state index in [1.807, 2.05) is 43.3 Å². The van der Waals surface area contributed by atoms with E-state index in [1.54, 1.807) is 0 Å². The van der Waals surface area contributed by atoms with E-state index in [-0.39, 0.29) is 54.6 Å². The van der Waals surface area contributed by atoms with Crippen LogP contribution in [0.3, 0.4) is 0 Å². The largest absolute Gasteiger partial charge is 0.480 e. The van der Waals surface area contributed by atoms with E-state index in [0.717, 1.165) is 37.7 Å². The van der Waals surface area contributed by atoms with Crippen LogP contribution in [0.2, 0.25) is 0 Å². The molecular formula is C40H54N2O9. The number of amides is 2. The second-order valence-electron chi connectivity index (χ2n) is 15.7. The zero-order chi connectivity index (χ0) is 36.8. The number of allylic oxidation sites excluding steroid dienone is 1. The standard InChI is InChI=1S/C40H54N2O9/c1-38-19-16-28(43)24-27(38)12-13-29-30(38)17-20-39(2)31(29)18-21-40(39,50)33(44)25-51-36(47)15-14-34(45)41-22-8-4-7-11-35(46)42-32(37(48)49)23-26-9-5-3-6-10-26/h3,5-6,9-10,24,29-32,50H,4,7-8,11-23,25H2,1-2H3,(H,41,45)(H,42,46)(H,48,49)/t29-,30+,31+,32-,38-,39+,40-/m0/s1. The summed E-state index contributed by atoms with van der Waals surface area (Å²) in [5.74, 6) is -1.69. The molecule has 0 aromatic heterocycles. The van der Waals surface area contributed by atoms with Gasteiger partial charge in [-0.05, 0) is 92.6 Å². The Kier molecular flexibility index (Phi) is 12.2. The summed E-state index contributed by atoms with van der Waals surface area (Å²) in [6, 6.07) is 8.09. The number of Topliss-reactive ketones (excluding diaryl/α,β-unsaturated/α-hetero) is 1. The van der Waals surface area contributed by atoms with Crippen LogP contribution in [0, 0.1) is 28.6 Å². The predicted molar refractivity (Wildman–Crippen MR) is 188 cm³/mol. The van der Waals surface area contributed by atoms with Crippen LogP contribution in [-0.2, 0) is 39.9 Å². The Bertz CT molecular complexity index is 1520. The lowest BCUT2D eigenvalue weighted by Crippen LogP contribution is -2.58. The summed E-state index contributed by atoms with van der Waals surface area (Å²) in [5.41, 5.74) is -0.0751. The van der Waals surface area contributed by atoms with Gasteiger partial charge in [0.25, 0.3) is 0 Å². The van der Waals surface area contributed by atoms with Gasteiger partial charge in [0.15, 0.2) is 12.4 Å². The number of hydrogen-bond acceptors (Lipinski definition) is 8. The topological polar surface area (TPSA) is 176 Å². The normalized spacial score (nSPS) is 30.1. The fourth-order valence-electron chi connectivity index (χ4n) is 9.81. The van der Waals surface area contributed by atoms with Crippen LogP contribution in [0.5, 0.6) is 0 Å². The summed E-state index contributed by atoms with van der Waals surface area (Å²) < 4.78 is 5.27. The van der Waals surface area contributed by atoms with Gasteiger partial charge in [0.2, 0.25) is 17.6 Å². The number of unbranched alkanes of at least 4 members (excludes halogenated alkanes) is 2. The van der Waals surface area contributed by atoms with E-state index in [1.165, 1.54) is 5.57 Å². The highest BCUT2D eigenvalue weighted by Gasteiger charge is 2.66. The summed E-state index contributed by atoms with van der Waals surface area (Å²) in [6.45, 7) is 4.17. The van der Waals surface area contributed by atoms with Gasteiger partial charge in [-0.2, -0.15) is 0 Å². The summed E-state index contributed by atoms with van der Waals surface area (Å²) in [5, 5.41) is 26.6. The minimum absolute atomic E-state index is 0.000793. The molecule has 1 aromatic carbocycles. The number of ketones is 2. The highest BCUT2D eigenvalue weighted by Crippen LogP contribution is 2.67. The van der Waals surface area contributed by atoms with Crippen LogP contribution in [0.4, 0.5) is 0 Å². The number of benzene rings is 1. The maximum atomic E-state index is 13.5. The maximum absolute atomic E-state index is 13.5. The number of nitrogens with one attached hydrogen (secondary N) is 2. The minimum Gasteiger partial charge on any atom is -0.480 e. The van der Waals surface area contributed by atoms with Crippen molar-refractivity contribution in [2.75, 3.05) is 13.2 Å². The number of aliphatic hydroxyl groups is 1. The van der Waals surface area contributed by atoms with Crippen LogP contribution in [-0.4, -0.2) is 70.3 Å². The monoisotopic (exact) mass is 706 g/mol. The smallest absolute Gasteiger partial charge is 0.326 e. The molecule has 5 rings (SSSR count). The van der Waals surface area contributed by atoms with Gasteiger partial charge in [0, 0.05) is 37.6 Å². The van der Waals surface area contributed by atoms with Gasteiger partial charge in [0.05, 0.1) is 6.42 Å². The number of esters is 1. The van der Waals surface area contributed by atoms with Crippen molar-refractivity contribution in [1.82, 2.24) is 10.6 Å². The molecular weight excluding hydrogens is 652 g/mol. The number of carboxylic acid groups (broad SMARTS) is 1. The second kappa shape index (κ2) is 16.2. The van der Waals surface area contributed by atoms with Crippen molar-refractivity contribution < 1.29 is 43.7 Å². The molecule has 51 heavy (non-hydrogen) atoms. The summed E-state index contributed by atoms with van der Waals surface area (Å²) >= 11 is 0. The molecule has 4 aliphatic carbocycles. The Labute approximate surface area is 300 Å². The average molecular weight is 707 g/mol. The molecule has 1 aromatic rings. The Morgan fingerprint density at radius 3 is 2.37 bits per heavy atom. The molecule has 4 aliphatic rings. The lowest BCUT2D eigenvalue weighted by atomic mass is 9.46. The summed E-state index contributed by atoms with van der Waals surface area (Å²) in [4.78, 5) is 74.2. The van der Waals surface area contributed by atoms with Gasteiger partial charge in [-0.1, -0.05) is 56.2 Å². The molecule has 7 atom stereocenters. The third-order valence-corrected chi connectivity index (χ3v) is 12.8. The summed E-state index contributed by atoms with van der Waals surface area (Å²) in [7, 11) is 0. The van der Waals surface area contributed by atoms with E-state index in [4.69, 9.17) is 4.74 Å². The van der Waals surface area contributed by atoms with E-state index in [0.29, 0.717) is 56.9 Å². The van der Waals surface area contributed by atoms with Crippen molar-refractivity contribution >= 4 is 35.3 Å². The summed E-state index contributed by atoms with van der Waals surface area (Å²) in [6.07, 6.45) is 9.75. The molecule has 0 aliphatic heterocycles. The number of ether oxygens (including phenoxy) is 1. The zero-order valence-electron chi connectivity index (χ0n) is 30.0. The highest BCUT2D eigenvalue weighted by molar-refractivity contribution is 5.92. The van der Waals surface area contributed by atoms with Crippen molar-refractivity contribution in [2.24, 2.45) is 28.6 Å². The van der Waals surface area contributed by atoms with Crippen molar-refractivity contribution in [3.63, 3.8) is 0 Å². The Morgan fingerprint density at radius 2 is 1.63 bits per heavy atom. The van der Waals surface area contributed by atoms with Gasteiger partial charge >= 0.3 is 11.9 Å². The molecule has 4 N–H and O–H groups in total. The third kappa shape index (κ3) is 8.45. The first-order chi connectivity index (χ1) is 24.3. The number of carboxylic acids is 1. The SMILES string of the molecule is C[C@]12CCC(=O)C=C1CC[C@H]1[C@H]2CC[C@]2(C)[C@@H]1CC[C@]2(O)C(=O)COC(=O)CCC(=O)NCCCCCC(=O)N[C@@H](Cc1ccccc1)C(=O)O. The van der Waals surface area contributed by atoms with Crippen LogP contribution in [0.1, 0.15) is 109 Å². The number of aliphatic carboxylic acids is 1. The Hall–Kier alpha value is -3.86. The number of rotatable bonds is 16. The molecule has 0 bridgehead atoms. The first kappa shape index (κ1) is 38.4. The molecule has 3 saturated carbocycles. The first-order valence-corrected chi connectivity index (χ1v) is 18.7. The number of carbonyl (C=O) groups is 6. The lowest BCUT2D eigenvalue weighted by Gasteiger charge is -2.58. The fraction of sp³-hybridized carbons (Fsp3) is 0.650. The predicted octanol–water partition coefficient (Wildman–Crippen LogP) is 4.63. The molecule has 11 heteroatoms. The quantitative estimate of drug-likeness (QED) is 0.141. The molecule has 11 nitrogen and oxygen atoms in total. The third-order valence-electron chi connectivity index (χ3n) is 12.8. The molecule has 2 amide bonds. The first-order valence-electron chi connectivity index (χ1n) is 18.7. The van der Waals surface area contributed by atoms with E-state index >= 15 is 0 Å². The molecule has 0 heterocycles.